The number of rotatable bonds is 2. The number of carbonyl (C=O) groups excluding carboxylic acids is 1. The predicted octanol–water partition coefficient (Wildman–Crippen LogP) is 1.82. The summed E-state index contributed by atoms with van der Waals surface area (Å²) in [6, 6.07) is 10.0. The van der Waals surface area contributed by atoms with E-state index in [-0.39, 0.29) is 30.0 Å². The maximum absolute atomic E-state index is 12.0. The molecule has 1 heterocycles. The van der Waals surface area contributed by atoms with Crippen molar-refractivity contribution in [3.8, 4) is 0 Å². The molecule has 17 heavy (non-hydrogen) atoms. The van der Waals surface area contributed by atoms with Gasteiger partial charge in [-0.3, -0.25) is 10.1 Å². The summed E-state index contributed by atoms with van der Waals surface area (Å²) in [5.41, 5.74) is 0.954. The van der Waals surface area contributed by atoms with Crippen LogP contribution in [0.5, 0.6) is 0 Å². The van der Waals surface area contributed by atoms with E-state index in [9.17, 15) is 4.79 Å². The molecule has 0 bridgehead atoms. The van der Waals surface area contributed by atoms with E-state index in [1.807, 2.05) is 39.1 Å². The van der Waals surface area contributed by atoms with E-state index in [0.29, 0.717) is 0 Å². The van der Waals surface area contributed by atoms with Crippen molar-refractivity contribution in [2.24, 2.45) is 0 Å². The second-order valence-electron chi connectivity index (χ2n) is 4.84. The van der Waals surface area contributed by atoms with E-state index < -0.39 is 0 Å². The van der Waals surface area contributed by atoms with E-state index in [2.05, 4.69) is 17.4 Å². The topological polar surface area (TPSA) is 32.3 Å². The van der Waals surface area contributed by atoms with Crippen LogP contribution in [0.4, 0.5) is 0 Å². The fourth-order valence-electron chi connectivity index (χ4n) is 2.08. The molecule has 0 unspecified atom stereocenters. The highest BCUT2D eigenvalue weighted by atomic mass is 35.5. The molecule has 1 aliphatic rings. The smallest absolute Gasteiger partial charge is 0.241 e. The Hall–Kier alpha value is -1.06. The van der Waals surface area contributed by atoms with Gasteiger partial charge in [0.15, 0.2) is 0 Å². The summed E-state index contributed by atoms with van der Waals surface area (Å²) < 4.78 is 0. The first kappa shape index (κ1) is 14.0. The number of amides is 1. The lowest BCUT2D eigenvalue weighted by atomic mass is 10.1. The number of hydrogen-bond acceptors (Lipinski definition) is 2. The zero-order valence-electron chi connectivity index (χ0n) is 10.4. The van der Waals surface area contributed by atoms with Crippen LogP contribution in [-0.4, -0.2) is 29.6 Å². The first-order valence-electron chi connectivity index (χ1n) is 5.60. The average molecular weight is 255 g/mol. The van der Waals surface area contributed by atoms with Crippen LogP contribution in [0.15, 0.2) is 30.3 Å². The summed E-state index contributed by atoms with van der Waals surface area (Å²) >= 11 is 0. The van der Waals surface area contributed by atoms with Crippen LogP contribution in [0.2, 0.25) is 0 Å². The lowest BCUT2D eigenvalue weighted by Gasteiger charge is -2.27. The molecule has 1 aliphatic heterocycles. The SMILES string of the molecule is CN1C(=O)[C@H](Cc2ccccc2)NC1(C)C.Cl. The fourth-order valence-corrected chi connectivity index (χ4v) is 2.08. The van der Waals surface area contributed by atoms with Gasteiger partial charge >= 0.3 is 0 Å². The molecule has 1 fully saturated rings. The maximum atomic E-state index is 12.0. The number of likely N-dealkylation sites (N-methyl/N-ethyl adjacent to an activating group) is 1. The van der Waals surface area contributed by atoms with Crippen LogP contribution < -0.4 is 5.32 Å². The fraction of sp³-hybridized carbons (Fsp3) is 0.462. The van der Waals surface area contributed by atoms with Crippen LogP contribution in [0.3, 0.4) is 0 Å². The summed E-state index contributed by atoms with van der Waals surface area (Å²) in [6.45, 7) is 4.05. The Morgan fingerprint density at radius 2 is 1.88 bits per heavy atom. The van der Waals surface area contributed by atoms with E-state index in [1.165, 1.54) is 5.56 Å². The third-order valence-corrected chi connectivity index (χ3v) is 3.28. The standard InChI is InChI=1S/C13H18N2O.ClH/c1-13(2)14-11(12(16)15(13)3)9-10-7-5-4-6-8-10;/h4-8,11,14H,9H2,1-3H3;1H/t11-;/m0./s1. The Balaban J connectivity index is 0.00000144. The maximum Gasteiger partial charge on any atom is 0.241 e. The zero-order chi connectivity index (χ0) is 11.8. The molecule has 0 saturated carbocycles. The number of nitrogens with zero attached hydrogens (tertiary/aromatic N) is 1. The summed E-state index contributed by atoms with van der Waals surface area (Å²) in [4.78, 5) is 13.8. The van der Waals surface area contributed by atoms with Gasteiger partial charge < -0.3 is 4.90 Å². The summed E-state index contributed by atoms with van der Waals surface area (Å²) in [5.74, 6) is 0.175. The van der Waals surface area contributed by atoms with Crippen molar-refractivity contribution in [3.63, 3.8) is 0 Å². The van der Waals surface area contributed by atoms with Gasteiger partial charge in [0.2, 0.25) is 5.91 Å². The van der Waals surface area contributed by atoms with E-state index >= 15 is 0 Å². The monoisotopic (exact) mass is 254 g/mol. The molecule has 3 nitrogen and oxygen atoms in total. The second-order valence-corrected chi connectivity index (χ2v) is 4.84. The minimum Gasteiger partial charge on any atom is -0.327 e. The van der Waals surface area contributed by atoms with Gasteiger partial charge in [0, 0.05) is 7.05 Å². The Morgan fingerprint density at radius 3 is 2.35 bits per heavy atom. The lowest BCUT2D eigenvalue weighted by molar-refractivity contribution is -0.129. The second kappa shape index (κ2) is 5.07. The van der Waals surface area contributed by atoms with E-state index in [4.69, 9.17) is 0 Å². The van der Waals surface area contributed by atoms with Gasteiger partial charge in [-0.15, -0.1) is 12.4 Å². The van der Waals surface area contributed by atoms with Crippen molar-refractivity contribution in [1.29, 1.82) is 0 Å². The highest BCUT2D eigenvalue weighted by Gasteiger charge is 2.41. The van der Waals surface area contributed by atoms with Crippen LogP contribution in [0.1, 0.15) is 19.4 Å². The highest BCUT2D eigenvalue weighted by molar-refractivity contribution is 5.85. The molecule has 0 aromatic heterocycles. The van der Waals surface area contributed by atoms with Crippen molar-refractivity contribution in [1.82, 2.24) is 10.2 Å². The molecule has 0 spiro atoms. The van der Waals surface area contributed by atoms with Gasteiger partial charge in [0.1, 0.15) is 0 Å². The van der Waals surface area contributed by atoms with Crippen molar-refractivity contribution < 1.29 is 4.79 Å². The molecule has 2 rings (SSSR count). The Labute approximate surface area is 109 Å². The number of hydrogen-bond donors (Lipinski definition) is 1. The molecule has 4 heteroatoms. The Morgan fingerprint density at radius 1 is 1.29 bits per heavy atom. The molecule has 94 valence electrons. The Kier molecular flexibility index (Phi) is 4.17. The van der Waals surface area contributed by atoms with Crippen LogP contribution in [-0.2, 0) is 11.2 Å². The van der Waals surface area contributed by atoms with Gasteiger partial charge in [-0.1, -0.05) is 30.3 Å². The van der Waals surface area contributed by atoms with Gasteiger partial charge in [-0.05, 0) is 25.8 Å². The first-order chi connectivity index (χ1) is 7.50. The summed E-state index contributed by atoms with van der Waals surface area (Å²) in [7, 11) is 1.85. The van der Waals surface area contributed by atoms with E-state index in [0.717, 1.165) is 6.42 Å². The minimum absolute atomic E-state index is 0. The molecule has 0 aliphatic carbocycles. The molecular formula is C13H19ClN2O. The quantitative estimate of drug-likeness (QED) is 0.873. The molecule has 1 aromatic carbocycles. The molecule has 1 aromatic rings. The average Bonchev–Trinajstić information content (AvgIpc) is 2.44. The number of nitrogens with one attached hydrogen (secondary N) is 1. The summed E-state index contributed by atoms with van der Waals surface area (Å²) in [6.07, 6.45) is 0.757. The predicted molar refractivity (Wildman–Crippen MR) is 71.2 cm³/mol. The number of carbonyl (C=O) groups is 1. The molecular weight excluding hydrogens is 236 g/mol. The molecule has 1 saturated heterocycles. The van der Waals surface area contributed by atoms with E-state index in [1.54, 1.807) is 4.90 Å². The Bertz CT molecular complexity index is 392. The largest absolute Gasteiger partial charge is 0.327 e. The van der Waals surface area contributed by atoms with Crippen molar-refractivity contribution in [2.45, 2.75) is 32.0 Å². The van der Waals surface area contributed by atoms with Crippen molar-refractivity contribution in [3.05, 3.63) is 35.9 Å². The highest BCUT2D eigenvalue weighted by Crippen LogP contribution is 2.20. The normalized spacial score (nSPS) is 22.4. The first-order valence-corrected chi connectivity index (χ1v) is 5.60. The minimum atomic E-state index is -0.240. The number of benzene rings is 1. The molecule has 1 N–H and O–H groups in total. The third-order valence-electron chi connectivity index (χ3n) is 3.28. The zero-order valence-corrected chi connectivity index (χ0v) is 11.3. The molecule has 0 radical (unpaired) electrons. The van der Waals surface area contributed by atoms with Crippen LogP contribution in [0.25, 0.3) is 0 Å². The lowest BCUT2D eigenvalue weighted by Crippen LogP contribution is -2.45. The molecule has 1 amide bonds. The van der Waals surface area contributed by atoms with Crippen LogP contribution in [0, 0.1) is 0 Å². The van der Waals surface area contributed by atoms with Gasteiger partial charge in [0.25, 0.3) is 0 Å². The molecule has 1 atom stereocenters. The van der Waals surface area contributed by atoms with Crippen molar-refractivity contribution >= 4 is 18.3 Å². The summed E-state index contributed by atoms with van der Waals surface area (Å²) in [5, 5.41) is 3.35. The van der Waals surface area contributed by atoms with Crippen LogP contribution >= 0.6 is 12.4 Å². The third kappa shape index (κ3) is 2.79. The van der Waals surface area contributed by atoms with Gasteiger partial charge in [-0.2, -0.15) is 0 Å². The van der Waals surface area contributed by atoms with Gasteiger partial charge in [-0.25, -0.2) is 0 Å². The van der Waals surface area contributed by atoms with Crippen molar-refractivity contribution in [2.75, 3.05) is 7.05 Å². The number of halogens is 1. The van der Waals surface area contributed by atoms with Gasteiger partial charge in [0.05, 0.1) is 11.7 Å².